The van der Waals surface area contributed by atoms with Crippen molar-refractivity contribution in [1.29, 1.82) is 5.26 Å². The highest BCUT2D eigenvalue weighted by molar-refractivity contribution is 5.97. The van der Waals surface area contributed by atoms with Crippen LogP contribution in [0.3, 0.4) is 0 Å². The van der Waals surface area contributed by atoms with E-state index in [2.05, 4.69) is 4.74 Å². The van der Waals surface area contributed by atoms with E-state index in [-0.39, 0.29) is 28.2 Å². The molecule has 2 rings (SSSR count). The Balaban J connectivity index is 2.44. The van der Waals surface area contributed by atoms with Gasteiger partial charge in [-0.15, -0.1) is 0 Å². The molecule has 0 aliphatic carbocycles. The number of nitrogens with two attached hydrogens (primary N) is 1. The number of hydrogen-bond acceptors (Lipinski definition) is 5. The average Bonchev–Trinajstić information content (AvgIpc) is 2.95. The molecule has 0 saturated heterocycles. The second kappa shape index (κ2) is 7.18. The molecule has 1 aromatic heterocycles. The maximum Gasteiger partial charge on any atom is 0.405 e. The third-order valence-corrected chi connectivity index (χ3v) is 3.38. The van der Waals surface area contributed by atoms with Crippen molar-refractivity contribution in [2.45, 2.75) is 6.18 Å². The van der Waals surface area contributed by atoms with Gasteiger partial charge in [-0.05, 0) is 18.2 Å². The number of carbonyl (C=O) groups excluding carboxylic acids is 2. The predicted molar refractivity (Wildman–Crippen MR) is 84.6 cm³/mol. The number of methoxy groups -OCH3 is 1. The van der Waals surface area contributed by atoms with E-state index in [1.165, 1.54) is 35.0 Å². The Morgan fingerprint density at radius 2 is 2.08 bits per heavy atom. The standard InChI is InChI=1S/C16H13F3N4O3/c1-26-15(25)13-12(21)10(6-20)7-23(13)11-4-2-3-9(5-11)14(24)22-8-16(17,18)19/h2-5,7H,8,21H2,1H3,(H,22,24). The molecule has 0 spiro atoms. The van der Waals surface area contributed by atoms with Crippen LogP contribution < -0.4 is 11.1 Å². The molecule has 26 heavy (non-hydrogen) atoms. The number of nitrogens with one attached hydrogen (secondary N) is 1. The van der Waals surface area contributed by atoms with Crippen molar-refractivity contribution >= 4 is 17.6 Å². The lowest BCUT2D eigenvalue weighted by atomic mass is 10.2. The number of alkyl halides is 3. The molecule has 0 unspecified atom stereocenters. The summed E-state index contributed by atoms with van der Waals surface area (Å²) in [5.41, 5.74) is 5.74. The Bertz CT molecular complexity index is 897. The number of ether oxygens (including phenoxy) is 1. The monoisotopic (exact) mass is 366 g/mol. The molecule has 0 bridgehead atoms. The van der Waals surface area contributed by atoms with Gasteiger partial charge in [0.05, 0.1) is 18.4 Å². The van der Waals surface area contributed by atoms with Crippen LogP contribution in [0.2, 0.25) is 0 Å². The van der Waals surface area contributed by atoms with Gasteiger partial charge in [-0.3, -0.25) is 4.79 Å². The van der Waals surface area contributed by atoms with Gasteiger partial charge in [-0.1, -0.05) is 6.07 Å². The Morgan fingerprint density at radius 3 is 2.65 bits per heavy atom. The first kappa shape index (κ1) is 18.9. The summed E-state index contributed by atoms with van der Waals surface area (Å²) in [6.07, 6.45) is -3.27. The highest BCUT2D eigenvalue weighted by Gasteiger charge is 2.28. The minimum Gasteiger partial charge on any atom is -0.464 e. The largest absolute Gasteiger partial charge is 0.464 e. The average molecular weight is 366 g/mol. The maximum absolute atomic E-state index is 12.2. The maximum atomic E-state index is 12.2. The zero-order valence-electron chi connectivity index (χ0n) is 13.4. The highest BCUT2D eigenvalue weighted by atomic mass is 19.4. The second-order valence-corrected chi connectivity index (χ2v) is 5.13. The van der Waals surface area contributed by atoms with Gasteiger partial charge in [0.1, 0.15) is 12.6 Å². The number of benzene rings is 1. The lowest BCUT2D eigenvalue weighted by Gasteiger charge is -2.11. The van der Waals surface area contributed by atoms with Crippen LogP contribution >= 0.6 is 0 Å². The molecule has 1 aromatic carbocycles. The molecular formula is C16H13F3N4O3. The minimum absolute atomic E-state index is 0.0114. The zero-order valence-corrected chi connectivity index (χ0v) is 13.4. The molecule has 0 atom stereocenters. The van der Waals surface area contributed by atoms with Crippen LogP contribution in [0.15, 0.2) is 30.5 Å². The van der Waals surface area contributed by atoms with Crippen molar-refractivity contribution in [2.24, 2.45) is 0 Å². The summed E-state index contributed by atoms with van der Waals surface area (Å²) in [4.78, 5) is 23.8. The summed E-state index contributed by atoms with van der Waals surface area (Å²) in [5.74, 6) is -1.75. The zero-order chi connectivity index (χ0) is 19.5. The third kappa shape index (κ3) is 3.94. The number of esters is 1. The number of hydrogen-bond donors (Lipinski definition) is 2. The Morgan fingerprint density at radius 1 is 1.38 bits per heavy atom. The van der Waals surface area contributed by atoms with Crippen LogP contribution in [0.25, 0.3) is 5.69 Å². The van der Waals surface area contributed by atoms with E-state index in [1.807, 2.05) is 6.07 Å². The van der Waals surface area contributed by atoms with Crippen molar-refractivity contribution in [3.05, 3.63) is 47.3 Å². The normalized spacial score (nSPS) is 10.9. The fourth-order valence-corrected chi connectivity index (χ4v) is 2.20. The first-order chi connectivity index (χ1) is 12.2. The number of nitrogens with zero attached hydrogens (tertiary/aromatic N) is 2. The van der Waals surface area contributed by atoms with E-state index in [1.54, 1.807) is 5.32 Å². The van der Waals surface area contributed by atoms with E-state index in [0.29, 0.717) is 0 Å². The van der Waals surface area contributed by atoms with Gasteiger partial charge in [0, 0.05) is 17.4 Å². The van der Waals surface area contributed by atoms with E-state index < -0.39 is 24.6 Å². The third-order valence-electron chi connectivity index (χ3n) is 3.38. The highest BCUT2D eigenvalue weighted by Crippen LogP contribution is 2.25. The van der Waals surface area contributed by atoms with Gasteiger partial charge >= 0.3 is 12.1 Å². The van der Waals surface area contributed by atoms with Crippen molar-refractivity contribution < 1.29 is 27.5 Å². The van der Waals surface area contributed by atoms with E-state index in [0.717, 1.165) is 7.11 Å². The van der Waals surface area contributed by atoms with E-state index in [4.69, 9.17) is 11.0 Å². The van der Waals surface area contributed by atoms with Crippen molar-refractivity contribution in [3.63, 3.8) is 0 Å². The van der Waals surface area contributed by atoms with Gasteiger partial charge in [0.25, 0.3) is 5.91 Å². The fraction of sp³-hybridized carbons (Fsp3) is 0.188. The number of amides is 1. The lowest BCUT2D eigenvalue weighted by Crippen LogP contribution is -2.33. The first-order valence-corrected chi connectivity index (χ1v) is 7.12. The smallest absolute Gasteiger partial charge is 0.405 e. The summed E-state index contributed by atoms with van der Waals surface area (Å²) in [7, 11) is 1.13. The molecule has 1 amide bonds. The van der Waals surface area contributed by atoms with Crippen molar-refractivity contribution in [1.82, 2.24) is 9.88 Å². The molecule has 2 aromatic rings. The van der Waals surface area contributed by atoms with Crippen molar-refractivity contribution in [3.8, 4) is 11.8 Å². The molecule has 3 N–H and O–H groups in total. The predicted octanol–water partition coefficient (Wildman–Crippen LogP) is 2.01. The number of nitrogen functional groups attached to an aromatic ring is 1. The molecule has 7 nitrogen and oxygen atoms in total. The number of nitriles is 1. The fourth-order valence-electron chi connectivity index (χ4n) is 2.20. The summed E-state index contributed by atoms with van der Waals surface area (Å²) in [6, 6.07) is 7.31. The number of anilines is 1. The molecule has 0 radical (unpaired) electrons. The van der Waals surface area contributed by atoms with Gasteiger partial charge < -0.3 is 20.4 Å². The Labute approximate surface area is 145 Å². The van der Waals surface area contributed by atoms with Crippen LogP contribution in [0.1, 0.15) is 26.4 Å². The quantitative estimate of drug-likeness (QED) is 0.805. The first-order valence-electron chi connectivity index (χ1n) is 7.12. The number of halogens is 3. The number of carbonyl (C=O) groups is 2. The number of rotatable bonds is 4. The minimum atomic E-state index is -4.54. The number of aromatic nitrogens is 1. The molecule has 0 fully saturated rings. The summed E-state index contributed by atoms with van der Waals surface area (Å²) >= 11 is 0. The van der Waals surface area contributed by atoms with Gasteiger partial charge in [0.15, 0.2) is 5.69 Å². The summed E-state index contributed by atoms with van der Waals surface area (Å²) < 4.78 is 42.6. The molecule has 1 heterocycles. The van der Waals surface area contributed by atoms with E-state index in [9.17, 15) is 22.8 Å². The Hall–Kier alpha value is -3.48. The van der Waals surface area contributed by atoms with Crippen molar-refractivity contribution in [2.75, 3.05) is 19.4 Å². The van der Waals surface area contributed by atoms with Crippen LogP contribution in [0.5, 0.6) is 0 Å². The van der Waals surface area contributed by atoms with E-state index >= 15 is 0 Å². The summed E-state index contributed by atoms with van der Waals surface area (Å²) in [6.45, 7) is -1.47. The molecule has 0 aliphatic heterocycles. The lowest BCUT2D eigenvalue weighted by molar-refractivity contribution is -0.123. The topological polar surface area (TPSA) is 110 Å². The van der Waals surface area contributed by atoms with Gasteiger partial charge in [-0.25, -0.2) is 4.79 Å². The van der Waals surface area contributed by atoms with Crippen LogP contribution in [0.4, 0.5) is 18.9 Å². The molecular weight excluding hydrogens is 353 g/mol. The van der Waals surface area contributed by atoms with Gasteiger partial charge in [0.2, 0.25) is 0 Å². The molecule has 0 saturated carbocycles. The van der Waals surface area contributed by atoms with Crippen LogP contribution in [-0.2, 0) is 4.74 Å². The van der Waals surface area contributed by atoms with Crippen LogP contribution in [-0.4, -0.2) is 36.3 Å². The molecule has 10 heteroatoms. The molecule has 136 valence electrons. The SMILES string of the molecule is COC(=O)c1c(N)c(C#N)cn1-c1cccc(C(=O)NCC(F)(F)F)c1. The van der Waals surface area contributed by atoms with Gasteiger partial charge in [-0.2, -0.15) is 18.4 Å². The Kier molecular flexibility index (Phi) is 5.21. The second-order valence-electron chi connectivity index (χ2n) is 5.13. The molecule has 0 aliphatic rings. The van der Waals surface area contributed by atoms with Crippen LogP contribution in [0, 0.1) is 11.3 Å². The summed E-state index contributed by atoms with van der Waals surface area (Å²) in [5, 5.41) is 10.8.